The average Bonchev–Trinajstić information content (AvgIpc) is 2.13. The molecular weight excluding hydrogens is 198 g/mol. The van der Waals surface area contributed by atoms with Crippen LogP contribution in [-0.2, 0) is 0 Å². The van der Waals surface area contributed by atoms with Crippen LogP contribution in [0.4, 0.5) is 4.79 Å². The van der Waals surface area contributed by atoms with E-state index in [2.05, 4.69) is 5.32 Å². The van der Waals surface area contributed by atoms with Crippen molar-refractivity contribution in [1.29, 1.82) is 0 Å². The number of urea groups is 1. The third kappa shape index (κ3) is 4.41. The minimum Gasteiger partial charge on any atom is -0.393 e. The fourth-order valence-corrected chi connectivity index (χ4v) is 1.11. The van der Waals surface area contributed by atoms with Crippen LogP contribution in [0.5, 0.6) is 0 Å². The maximum Gasteiger partial charge on any atom is 0.317 e. The first kappa shape index (κ1) is 13.2. The summed E-state index contributed by atoms with van der Waals surface area (Å²) in [6.45, 7) is 7.63. The Labute approximate surface area is 90.8 Å². The van der Waals surface area contributed by atoms with Crippen LogP contribution < -0.4 is 11.1 Å². The van der Waals surface area contributed by atoms with Crippen LogP contribution in [0.1, 0.15) is 20.8 Å². The van der Waals surface area contributed by atoms with Gasteiger partial charge in [-0.25, -0.2) is 4.79 Å². The summed E-state index contributed by atoms with van der Waals surface area (Å²) in [5, 5.41) is 2.74. The molecule has 0 fully saturated rings. The molecule has 0 aromatic heterocycles. The summed E-state index contributed by atoms with van der Waals surface area (Å²) >= 11 is 4.86. The topological polar surface area (TPSA) is 58.4 Å². The Kier molecular flexibility index (Phi) is 6.19. The monoisotopic (exact) mass is 217 g/mol. The minimum absolute atomic E-state index is 0.0573. The number of carbonyl (C=O) groups excluding carboxylic acids is 1. The highest BCUT2D eigenvalue weighted by molar-refractivity contribution is 7.80. The second kappa shape index (κ2) is 6.59. The van der Waals surface area contributed by atoms with E-state index in [1.54, 1.807) is 4.90 Å². The molecule has 0 radical (unpaired) electrons. The van der Waals surface area contributed by atoms with Gasteiger partial charge in [0.15, 0.2) is 0 Å². The van der Waals surface area contributed by atoms with E-state index in [0.29, 0.717) is 24.6 Å². The predicted molar refractivity (Wildman–Crippen MR) is 62.3 cm³/mol. The first-order chi connectivity index (χ1) is 6.52. The van der Waals surface area contributed by atoms with Gasteiger partial charge in [0.2, 0.25) is 0 Å². The lowest BCUT2D eigenvalue weighted by Gasteiger charge is -2.24. The lowest BCUT2D eigenvalue weighted by atomic mass is 10.2. The molecule has 0 aromatic carbocycles. The van der Waals surface area contributed by atoms with Crippen LogP contribution in [0.25, 0.3) is 0 Å². The lowest BCUT2D eigenvalue weighted by Crippen LogP contribution is -2.43. The first-order valence-electron chi connectivity index (χ1n) is 4.85. The number of amides is 2. The quantitative estimate of drug-likeness (QED) is 0.674. The molecule has 0 rings (SSSR count). The normalized spacial score (nSPS) is 11.9. The van der Waals surface area contributed by atoms with Gasteiger partial charge in [-0.15, -0.1) is 0 Å². The molecule has 0 aliphatic heterocycles. The lowest BCUT2D eigenvalue weighted by molar-refractivity contribution is 0.198. The van der Waals surface area contributed by atoms with Gasteiger partial charge in [-0.1, -0.05) is 19.1 Å². The van der Waals surface area contributed by atoms with Gasteiger partial charge in [-0.3, -0.25) is 0 Å². The van der Waals surface area contributed by atoms with Gasteiger partial charge in [0.25, 0.3) is 0 Å². The fraction of sp³-hybridized carbons (Fsp3) is 0.778. The van der Waals surface area contributed by atoms with Crippen molar-refractivity contribution < 1.29 is 4.79 Å². The van der Waals surface area contributed by atoms with Crippen molar-refractivity contribution in [3.63, 3.8) is 0 Å². The number of thiocarbonyl (C=S) groups is 1. The molecule has 3 N–H and O–H groups in total. The zero-order valence-corrected chi connectivity index (χ0v) is 9.86. The number of nitrogens with one attached hydrogen (secondary N) is 1. The molecule has 0 saturated carbocycles. The summed E-state index contributed by atoms with van der Waals surface area (Å²) in [6, 6.07) is -0.0573. The molecule has 0 aliphatic rings. The van der Waals surface area contributed by atoms with Gasteiger partial charge >= 0.3 is 6.03 Å². The molecule has 0 bridgehead atoms. The van der Waals surface area contributed by atoms with E-state index in [0.717, 1.165) is 0 Å². The Balaban J connectivity index is 4.14. The highest BCUT2D eigenvalue weighted by Gasteiger charge is 2.15. The molecule has 2 amide bonds. The summed E-state index contributed by atoms with van der Waals surface area (Å²) in [5.74, 6) is 0.0626. The maximum atomic E-state index is 11.5. The molecule has 0 heterocycles. The van der Waals surface area contributed by atoms with Crippen molar-refractivity contribution in [2.45, 2.75) is 20.8 Å². The van der Waals surface area contributed by atoms with E-state index in [9.17, 15) is 4.79 Å². The minimum atomic E-state index is -0.0573. The number of nitrogens with two attached hydrogens (primary N) is 1. The molecule has 82 valence electrons. The van der Waals surface area contributed by atoms with Gasteiger partial charge in [0.1, 0.15) is 0 Å². The van der Waals surface area contributed by atoms with Crippen molar-refractivity contribution in [3.05, 3.63) is 0 Å². The van der Waals surface area contributed by atoms with Gasteiger partial charge in [0.05, 0.1) is 4.99 Å². The van der Waals surface area contributed by atoms with E-state index in [4.69, 9.17) is 18.0 Å². The predicted octanol–water partition coefficient (Wildman–Crippen LogP) is 0.960. The van der Waals surface area contributed by atoms with Crippen LogP contribution >= 0.6 is 12.2 Å². The molecular formula is C9H19N3OS. The highest BCUT2D eigenvalue weighted by Crippen LogP contribution is 2.00. The smallest absolute Gasteiger partial charge is 0.317 e. The van der Waals surface area contributed by atoms with Crippen molar-refractivity contribution in [2.24, 2.45) is 11.7 Å². The Bertz CT molecular complexity index is 208. The van der Waals surface area contributed by atoms with E-state index in [-0.39, 0.29) is 11.9 Å². The summed E-state index contributed by atoms with van der Waals surface area (Å²) in [7, 11) is 0. The molecule has 0 aliphatic carbocycles. The first-order valence-corrected chi connectivity index (χ1v) is 5.25. The van der Waals surface area contributed by atoms with Crippen molar-refractivity contribution in [2.75, 3.05) is 19.6 Å². The van der Waals surface area contributed by atoms with E-state index in [1.165, 1.54) is 0 Å². The Morgan fingerprint density at radius 3 is 2.50 bits per heavy atom. The fourth-order valence-electron chi connectivity index (χ4n) is 1.04. The zero-order chi connectivity index (χ0) is 11.1. The number of rotatable bonds is 5. The van der Waals surface area contributed by atoms with Gasteiger partial charge in [0, 0.05) is 25.6 Å². The number of carbonyl (C=O) groups is 1. The molecule has 5 heteroatoms. The maximum absolute atomic E-state index is 11.5. The largest absolute Gasteiger partial charge is 0.393 e. The number of hydrogen-bond acceptors (Lipinski definition) is 2. The van der Waals surface area contributed by atoms with E-state index >= 15 is 0 Å². The summed E-state index contributed by atoms with van der Waals surface area (Å²) in [4.78, 5) is 13.6. The zero-order valence-electron chi connectivity index (χ0n) is 9.04. The third-order valence-corrected chi connectivity index (χ3v) is 2.38. The Morgan fingerprint density at radius 1 is 1.57 bits per heavy atom. The van der Waals surface area contributed by atoms with Crippen molar-refractivity contribution in [1.82, 2.24) is 10.2 Å². The molecule has 0 aromatic rings. The molecule has 14 heavy (non-hydrogen) atoms. The van der Waals surface area contributed by atoms with Crippen LogP contribution in [0.3, 0.4) is 0 Å². The van der Waals surface area contributed by atoms with Crippen LogP contribution in [0.15, 0.2) is 0 Å². The van der Waals surface area contributed by atoms with Gasteiger partial charge in [-0.05, 0) is 13.8 Å². The molecule has 0 spiro atoms. The van der Waals surface area contributed by atoms with Gasteiger partial charge < -0.3 is 16.0 Å². The second-order valence-electron chi connectivity index (χ2n) is 3.18. The van der Waals surface area contributed by atoms with Crippen molar-refractivity contribution in [3.8, 4) is 0 Å². The molecule has 0 saturated heterocycles. The van der Waals surface area contributed by atoms with Crippen LogP contribution in [0.2, 0.25) is 0 Å². The van der Waals surface area contributed by atoms with Crippen molar-refractivity contribution >= 4 is 23.2 Å². The van der Waals surface area contributed by atoms with E-state index in [1.807, 2.05) is 20.8 Å². The Hall–Kier alpha value is -0.840. The molecule has 1 unspecified atom stereocenters. The van der Waals surface area contributed by atoms with E-state index < -0.39 is 0 Å². The van der Waals surface area contributed by atoms with Crippen LogP contribution in [0, 0.1) is 5.92 Å². The average molecular weight is 217 g/mol. The SMILES string of the molecule is CCNC(=O)N(CC)CC(C)C(N)=S. The Morgan fingerprint density at radius 2 is 2.14 bits per heavy atom. The summed E-state index contributed by atoms with van der Waals surface area (Å²) < 4.78 is 0. The van der Waals surface area contributed by atoms with Gasteiger partial charge in [-0.2, -0.15) is 0 Å². The summed E-state index contributed by atoms with van der Waals surface area (Å²) in [5.41, 5.74) is 5.49. The van der Waals surface area contributed by atoms with Crippen LogP contribution in [-0.4, -0.2) is 35.6 Å². The number of hydrogen-bond donors (Lipinski definition) is 2. The standard InChI is InChI=1S/C9H19N3OS/c1-4-11-9(13)12(5-2)6-7(3)8(10)14/h7H,4-6H2,1-3H3,(H2,10,14)(H,11,13). The number of nitrogens with zero attached hydrogens (tertiary/aromatic N) is 1. The second-order valence-corrected chi connectivity index (χ2v) is 3.65. The third-order valence-electron chi connectivity index (χ3n) is 1.98. The highest BCUT2D eigenvalue weighted by atomic mass is 32.1. The molecule has 1 atom stereocenters. The molecule has 4 nitrogen and oxygen atoms in total. The summed E-state index contributed by atoms with van der Waals surface area (Å²) in [6.07, 6.45) is 0.